The molecular formula is C22H32O8Si. The Bertz CT molecular complexity index is 790. The van der Waals surface area contributed by atoms with Crippen LogP contribution in [-0.4, -0.2) is 70.4 Å². The second kappa shape index (κ2) is 9.28. The van der Waals surface area contributed by atoms with Crippen LogP contribution in [0.15, 0.2) is 24.3 Å². The Morgan fingerprint density at radius 3 is 2.42 bits per heavy atom. The highest BCUT2D eigenvalue weighted by molar-refractivity contribution is 6.76. The summed E-state index contributed by atoms with van der Waals surface area (Å²) < 4.78 is 27.4. The first kappa shape index (κ1) is 23.7. The zero-order valence-electron chi connectivity index (χ0n) is 18.8. The molecule has 9 heteroatoms. The number of aliphatic hydroxyl groups is 1. The molecule has 0 bridgehead atoms. The Morgan fingerprint density at radius 1 is 1.16 bits per heavy atom. The van der Waals surface area contributed by atoms with Gasteiger partial charge in [-0.05, 0) is 23.7 Å². The van der Waals surface area contributed by atoms with E-state index in [1.54, 1.807) is 19.2 Å². The summed E-state index contributed by atoms with van der Waals surface area (Å²) in [6.07, 6.45) is -3.15. The standard InChI is InChI=1S/C22H32O8Si/c1-26-15-8-6-14(7-9-15)13-29-17-12-16(23)18-19(30-18)22(17,20(24)27-2)21(25)28-10-11-31(3,4)5/h6-9,16-19,23H,10-13H2,1-5H3/t16-,17-,18-,19-,22+/m0/s1. The molecule has 8 nitrogen and oxygen atoms in total. The third-order valence-corrected chi connectivity index (χ3v) is 7.58. The molecular weight excluding hydrogens is 420 g/mol. The number of hydrogen-bond donors (Lipinski definition) is 1. The van der Waals surface area contributed by atoms with E-state index in [9.17, 15) is 14.7 Å². The topological polar surface area (TPSA) is 104 Å². The first-order valence-corrected chi connectivity index (χ1v) is 14.2. The van der Waals surface area contributed by atoms with Gasteiger partial charge < -0.3 is 28.8 Å². The van der Waals surface area contributed by atoms with Crippen LogP contribution in [0.1, 0.15) is 12.0 Å². The van der Waals surface area contributed by atoms with Crippen LogP contribution < -0.4 is 4.74 Å². The largest absolute Gasteiger partial charge is 0.497 e. The van der Waals surface area contributed by atoms with Crippen molar-refractivity contribution in [2.24, 2.45) is 5.41 Å². The number of ether oxygens (including phenoxy) is 5. The van der Waals surface area contributed by atoms with Crippen LogP contribution in [0.5, 0.6) is 5.75 Å². The molecule has 0 radical (unpaired) electrons. The van der Waals surface area contributed by atoms with E-state index >= 15 is 0 Å². The van der Waals surface area contributed by atoms with Gasteiger partial charge in [0.2, 0.25) is 5.41 Å². The molecule has 1 aromatic carbocycles. The smallest absolute Gasteiger partial charge is 0.329 e. The van der Waals surface area contributed by atoms with Gasteiger partial charge in [-0.2, -0.15) is 0 Å². The Kier molecular flexibility index (Phi) is 7.10. The van der Waals surface area contributed by atoms with Gasteiger partial charge in [0, 0.05) is 14.5 Å². The number of hydrogen-bond acceptors (Lipinski definition) is 8. The van der Waals surface area contributed by atoms with Crippen LogP contribution in [0.3, 0.4) is 0 Å². The fourth-order valence-electron chi connectivity index (χ4n) is 3.94. The number of rotatable bonds is 9. The highest BCUT2D eigenvalue weighted by Gasteiger charge is 2.74. The van der Waals surface area contributed by atoms with Crippen molar-refractivity contribution in [3.8, 4) is 5.75 Å². The lowest BCUT2D eigenvalue weighted by Crippen LogP contribution is -2.60. The van der Waals surface area contributed by atoms with E-state index < -0.39 is 49.8 Å². The number of carbonyl (C=O) groups is 2. The maximum atomic E-state index is 13.3. The second-order valence-electron chi connectivity index (χ2n) is 9.28. The molecule has 0 amide bonds. The van der Waals surface area contributed by atoms with Crippen molar-refractivity contribution < 1.29 is 38.4 Å². The summed E-state index contributed by atoms with van der Waals surface area (Å²) in [4.78, 5) is 26.3. The van der Waals surface area contributed by atoms with Gasteiger partial charge in [0.05, 0.1) is 39.6 Å². The number of methoxy groups -OCH3 is 2. The van der Waals surface area contributed by atoms with Gasteiger partial charge in [0.1, 0.15) is 18.0 Å². The fourth-order valence-corrected chi connectivity index (χ4v) is 4.65. The maximum Gasteiger partial charge on any atom is 0.329 e. The fraction of sp³-hybridized carbons (Fsp3) is 0.636. The molecule has 0 unspecified atom stereocenters. The summed E-state index contributed by atoms with van der Waals surface area (Å²) in [5.41, 5.74) is -0.926. The molecule has 1 aliphatic heterocycles. The van der Waals surface area contributed by atoms with Crippen LogP contribution >= 0.6 is 0 Å². The molecule has 1 aliphatic carbocycles. The molecule has 31 heavy (non-hydrogen) atoms. The third kappa shape index (κ3) is 4.95. The predicted octanol–water partition coefficient (Wildman–Crippen LogP) is 2.15. The van der Waals surface area contributed by atoms with Gasteiger partial charge in [0.15, 0.2) is 0 Å². The van der Waals surface area contributed by atoms with E-state index in [1.807, 2.05) is 12.1 Å². The number of esters is 2. The summed E-state index contributed by atoms with van der Waals surface area (Å²) in [6.45, 7) is 6.89. The van der Waals surface area contributed by atoms with Crippen LogP contribution in [0.4, 0.5) is 0 Å². The van der Waals surface area contributed by atoms with E-state index in [0.29, 0.717) is 5.75 Å². The second-order valence-corrected chi connectivity index (χ2v) is 14.9. The van der Waals surface area contributed by atoms with Crippen molar-refractivity contribution in [3.05, 3.63) is 29.8 Å². The van der Waals surface area contributed by atoms with Crippen molar-refractivity contribution in [3.63, 3.8) is 0 Å². The van der Waals surface area contributed by atoms with Gasteiger partial charge in [-0.3, -0.25) is 9.59 Å². The lowest BCUT2D eigenvalue weighted by molar-refractivity contribution is -0.190. The van der Waals surface area contributed by atoms with E-state index in [4.69, 9.17) is 23.7 Å². The molecule has 2 aliphatic rings. The minimum absolute atomic E-state index is 0.0650. The molecule has 3 rings (SSSR count). The van der Waals surface area contributed by atoms with Crippen molar-refractivity contribution in [1.29, 1.82) is 0 Å². The normalized spacial score (nSPS) is 29.6. The molecule has 0 spiro atoms. The Morgan fingerprint density at radius 2 is 1.84 bits per heavy atom. The summed E-state index contributed by atoms with van der Waals surface area (Å²) in [7, 11) is 1.37. The molecule has 1 heterocycles. The summed E-state index contributed by atoms with van der Waals surface area (Å²) in [5, 5.41) is 10.4. The van der Waals surface area contributed by atoms with Gasteiger partial charge in [-0.15, -0.1) is 0 Å². The minimum Gasteiger partial charge on any atom is -0.497 e. The summed E-state index contributed by atoms with van der Waals surface area (Å²) in [6, 6.07) is 8.03. The molecule has 1 aromatic rings. The molecule has 172 valence electrons. The van der Waals surface area contributed by atoms with Crippen LogP contribution in [0.25, 0.3) is 0 Å². The average Bonchev–Trinajstić information content (AvgIpc) is 3.53. The van der Waals surface area contributed by atoms with E-state index in [-0.39, 0.29) is 19.6 Å². The van der Waals surface area contributed by atoms with E-state index in [1.165, 1.54) is 7.11 Å². The van der Waals surface area contributed by atoms with Crippen molar-refractivity contribution >= 4 is 20.0 Å². The lowest BCUT2D eigenvalue weighted by atomic mass is 9.70. The third-order valence-electron chi connectivity index (χ3n) is 5.87. The zero-order valence-corrected chi connectivity index (χ0v) is 19.8. The monoisotopic (exact) mass is 452 g/mol. The van der Waals surface area contributed by atoms with Crippen LogP contribution in [0, 0.1) is 5.41 Å². The first-order chi connectivity index (χ1) is 14.6. The summed E-state index contributed by atoms with van der Waals surface area (Å²) >= 11 is 0. The Labute approximate surface area is 183 Å². The Hall–Kier alpha value is -1.94. The molecule has 0 aromatic heterocycles. The Balaban J connectivity index is 1.82. The van der Waals surface area contributed by atoms with Gasteiger partial charge >= 0.3 is 11.9 Å². The highest BCUT2D eigenvalue weighted by Crippen LogP contribution is 2.52. The molecule has 1 saturated carbocycles. The van der Waals surface area contributed by atoms with Crippen molar-refractivity contribution in [1.82, 2.24) is 0 Å². The number of carbonyl (C=O) groups excluding carboxylic acids is 2. The van der Waals surface area contributed by atoms with Crippen molar-refractivity contribution in [2.45, 2.75) is 63.1 Å². The zero-order chi connectivity index (χ0) is 22.8. The highest BCUT2D eigenvalue weighted by atomic mass is 28.3. The van der Waals surface area contributed by atoms with Gasteiger partial charge in [0.25, 0.3) is 0 Å². The summed E-state index contributed by atoms with van der Waals surface area (Å²) in [5.74, 6) is -0.762. The molecule has 1 saturated heterocycles. The van der Waals surface area contributed by atoms with Gasteiger partial charge in [-0.1, -0.05) is 31.8 Å². The first-order valence-electron chi connectivity index (χ1n) is 10.5. The molecule has 2 fully saturated rings. The van der Waals surface area contributed by atoms with E-state index in [0.717, 1.165) is 11.6 Å². The molecule has 1 N–H and O–H groups in total. The maximum absolute atomic E-state index is 13.3. The van der Waals surface area contributed by atoms with Crippen molar-refractivity contribution in [2.75, 3.05) is 20.8 Å². The quantitative estimate of drug-likeness (QED) is 0.263. The lowest BCUT2D eigenvalue weighted by Gasteiger charge is -2.38. The minimum atomic E-state index is -1.76. The van der Waals surface area contributed by atoms with Crippen LogP contribution in [-0.2, 0) is 35.1 Å². The van der Waals surface area contributed by atoms with Crippen LogP contribution in [0.2, 0.25) is 25.7 Å². The average molecular weight is 453 g/mol. The number of fused-ring (bicyclic) bond motifs is 1. The van der Waals surface area contributed by atoms with Gasteiger partial charge in [-0.25, -0.2) is 0 Å². The molecule has 5 atom stereocenters. The van der Waals surface area contributed by atoms with E-state index in [2.05, 4.69) is 19.6 Å². The predicted molar refractivity (Wildman–Crippen MR) is 114 cm³/mol. The number of benzene rings is 1. The number of aliphatic hydroxyl groups excluding tert-OH is 1. The number of epoxide rings is 1. The SMILES string of the molecule is COC(=O)[C@@]1(C(=O)OCC[Si](C)(C)C)[C@@H](OCc2ccc(OC)cc2)C[C@H](O)[C@@H]2O[C@@H]21.